The minimum atomic E-state index is -1.00. The van der Waals surface area contributed by atoms with Crippen molar-refractivity contribution in [1.29, 1.82) is 0 Å². The number of aryl methyl sites for hydroxylation is 2. The van der Waals surface area contributed by atoms with E-state index >= 15 is 0 Å². The van der Waals surface area contributed by atoms with Crippen molar-refractivity contribution in [3.8, 4) is 22.6 Å². The molecular weight excluding hydrogens is 783 g/mol. The van der Waals surface area contributed by atoms with Gasteiger partial charge in [0, 0.05) is 69.2 Å². The molecule has 1 N–H and O–H groups in total. The van der Waals surface area contributed by atoms with Crippen LogP contribution in [-0.4, -0.2) is 108 Å². The molecule has 1 atom stereocenters. The van der Waals surface area contributed by atoms with E-state index in [0.29, 0.717) is 86.7 Å². The number of fused-ring (bicyclic) bond motifs is 2. The molecule has 3 aliphatic carbocycles. The second-order valence-corrected chi connectivity index (χ2v) is 16.9. The lowest BCUT2D eigenvalue weighted by Crippen LogP contribution is -2.73. The van der Waals surface area contributed by atoms with Crippen LogP contribution in [0.25, 0.3) is 21.9 Å². The first-order valence-corrected chi connectivity index (χ1v) is 20.8. The van der Waals surface area contributed by atoms with Gasteiger partial charge in [-0.3, -0.25) is 48.9 Å². The maximum Gasteiger partial charge on any atom is 0.262 e. The van der Waals surface area contributed by atoms with E-state index < -0.39 is 29.7 Å². The Morgan fingerprint density at radius 3 is 2.34 bits per heavy atom. The Morgan fingerprint density at radius 2 is 1.64 bits per heavy atom. The quantitative estimate of drug-likeness (QED) is 0.104. The summed E-state index contributed by atoms with van der Waals surface area (Å²) in [5.41, 5.74) is 3.95. The average molecular weight is 834 g/mol. The van der Waals surface area contributed by atoms with E-state index in [1.807, 2.05) is 24.4 Å². The summed E-state index contributed by atoms with van der Waals surface area (Å²) >= 11 is 0. The highest BCUT2D eigenvalue weighted by Gasteiger charge is 2.69. The highest BCUT2D eigenvalue weighted by atomic mass is 16.5. The third-order valence-electron chi connectivity index (χ3n) is 13.0. The number of piperidine rings is 1. The van der Waals surface area contributed by atoms with Gasteiger partial charge in [0.1, 0.15) is 23.3 Å². The zero-order chi connectivity index (χ0) is 43.1. The standard InChI is InChI=1S/C46H51N5O10/c1-49-23-34(31-12-14-47-22-33(31)42(49)55)29-19-37(58-3)35(38(20-29)59-4)24-50(2)46-25-45(26-46,27-46)21-30(52)13-16-61-18-17-60-15-6-8-28-7-5-9-32-40(28)44(57)51(43(32)56)36-10-11-39(53)48-41(36)54/h5,7,9,12,14,19-20,22-23,36H,6,8,10-11,13,15-18,21,24-27H2,1-4H3,(H,48,53,54). The predicted octanol–water partition coefficient (Wildman–Crippen LogP) is 4.39. The average Bonchev–Trinajstić information content (AvgIpc) is 3.48. The van der Waals surface area contributed by atoms with Crippen LogP contribution in [0, 0.1) is 5.41 Å². The van der Waals surface area contributed by atoms with Crippen LogP contribution in [0.2, 0.25) is 0 Å². The first-order chi connectivity index (χ1) is 29.4. The van der Waals surface area contributed by atoms with Crippen LogP contribution in [0.5, 0.6) is 11.5 Å². The number of amides is 4. The van der Waals surface area contributed by atoms with Crippen molar-refractivity contribution in [2.45, 2.75) is 75.9 Å². The molecule has 320 valence electrons. The number of rotatable bonds is 19. The number of methoxy groups -OCH3 is 2. The monoisotopic (exact) mass is 833 g/mol. The fourth-order valence-corrected chi connectivity index (χ4v) is 9.95. The molecule has 61 heavy (non-hydrogen) atoms. The molecule has 9 rings (SSSR count). The predicted molar refractivity (Wildman–Crippen MR) is 223 cm³/mol. The zero-order valence-corrected chi connectivity index (χ0v) is 35.0. The van der Waals surface area contributed by atoms with Gasteiger partial charge < -0.3 is 23.5 Å². The van der Waals surface area contributed by atoms with Crippen molar-refractivity contribution in [2.75, 3.05) is 47.7 Å². The molecule has 1 unspecified atom stereocenters. The summed E-state index contributed by atoms with van der Waals surface area (Å²) < 4.78 is 24.9. The Kier molecular flexibility index (Phi) is 11.7. The molecule has 2 aromatic carbocycles. The molecular formula is C46H51N5O10. The number of Topliss-reactive ketones (excluding diaryl/α,β-unsaturated/α-hetero) is 1. The van der Waals surface area contributed by atoms with Gasteiger partial charge in [-0.15, -0.1) is 0 Å². The summed E-state index contributed by atoms with van der Waals surface area (Å²) in [7, 11) is 7.16. The van der Waals surface area contributed by atoms with E-state index in [0.717, 1.165) is 46.2 Å². The molecule has 15 heteroatoms. The summed E-state index contributed by atoms with van der Waals surface area (Å²) in [6.45, 7) is 2.08. The molecule has 15 nitrogen and oxygen atoms in total. The van der Waals surface area contributed by atoms with E-state index in [1.54, 1.807) is 56.4 Å². The molecule has 2 bridgehead atoms. The number of ether oxygens (including phenoxy) is 4. The topological polar surface area (TPSA) is 176 Å². The molecule has 1 saturated heterocycles. The number of nitrogens with zero attached hydrogens (tertiary/aromatic N) is 4. The smallest absolute Gasteiger partial charge is 0.262 e. The Balaban J connectivity index is 0.748. The summed E-state index contributed by atoms with van der Waals surface area (Å²) in [6.07, 6.45) is 10.2. The number of ketones is 1. The number of nitrogens with one attached hydrogen (secondary N) is 1. The number of hydrogen-bond donors (Lipinski definition) is 1. The summed E-state index contributed by atoms with van der Waals surface area (Å²) in [4.78, 5) is 83.7. The van der Waals surface area contributed by atoms with Crippen molar-refractivity contribution < 1.29 is 42.9 Å². The molecule has 2 aromatic heterocycles. The van der Waals surface area contributed by atoms with Crippen LogP contribution < -0.4 is 20.3 Å². The molecule has 0 radical (unpaired) electrons. The maximum absolute atomic E-state index is 13.3. The van der Waals surface area contributed by atoms with Gasteiger partial charge in [0.05, 0.1) is 56.1 Å². The molecule has 4 fully saturated rings. The number of carbonyl (C=O) groups is 5. The van der Waals surface area contributed by atoms with Crippen LogP contribution in [0.3, 0.4) is 0 Å². The number of carbonyl (C=O) groups excluding carboxylic acids is 5. The fraction of sp³-hybridized carbons (Fsp3) is 0.457. The SMILES string of the molecule is COc1cc(-c2cn(C)c(=O)c3cnccc23)cc(OC)c1CN(C)C12CC(CC(=O)CCOCCOCCCc3cccc4c3C(=O)N(C3CCC(=O)NC3=O)C4=O)(C1)C2. The Morgan fingerprint density at radius 1 is 0.918 bits per heavy atom. The van der Waals surface area contributed by atoms with Crippen molar-refractivity contribution in [2.24, 2.45) is 12.5 Å². The summed E-state index contributed by atoms with van der Waals surface area (Å²) in [5, 5.41) is 3.57. The van der Waals surface area contributed by atoms with E-state index in [9.17, 15) is 28.8 Å². The van der Waals surface area contributed by atoms with E-state index in [2.05, 4.69) is 22.2 Å². The molecule has 4 aromatic rings. The van der Waals surface area contributed by atoms with Crippen LogP contribution in [-0.2, 0) is 43.9 Å². The van der Waals surface area contributed by atoms with Crippen LogP contribution >= 0.6 is 0 Å². The van der Waals surface area contributed by atoms with Gasteiger partial charge >= 0.3 is 0 Å². The number of imide groups is 2. The highest BCUT2D eigenvalue weighted by Crippen LogP contribution is 2.71. The first kappa shape index (κ1) is 41.9. The minimum absolute atomic E-state index is 0.0351. The van der Waals surface area contributed by atoms with Gasteiger partial charge in [0.25, 0.3) is 17.4 Å². The van der Waals surface area contributed by atoms with Crippen molar-refractivity contribution in [3.63, 3.8) is 0 Å². The lowest BCUT2D eigenvalue weighted by molar-refractivity contribution is -0.218. The molecule has 2 aliphatic heterocycles. The highest BCUT2D eigenvalue weighted by molar-refractivity contribution is 6.24. The van der Waals surface area contributed by atoms with Gasteiger partial charge in [-0.25, -0.2) is 0 Å². The zero-order valence-electron chi connectivity index (χ0n) is 35.0. The van der Waals surface area contributed by atoms with Gasteiger partial charge in [-0.2, -0.15) is 0 Å². The number of pyridine rings is 2. The fourth-order valence-electron chi connectivity index (χ4n) is 9.95. The van der Waals surface area contributed by atoms with E-state index in [4.69, 9.17) is 18.9 Å². The summed E-state index contributed by atoms with van der Waals surface area (Å²) in [6, 6.07) is 9.96. The van der Waals surface area contributed by atoms with Gasteiger partial charge in [-0.1, -0.05) is 12.1 Å². The Hall–Kier alpha value is -5.77. The Bertz CT molecular complexity index is 2450. The minimum Gasteiger partial charge on any atom is -0.496 e. The molecule has 0 spiro atoms. The van der Waals surface area contributed by atoms with Crippen molar-refractivity contribution in [1.82, 2.24) is 24.7 Å². The molecule has 4 heterocycles. The maximum atomic E-state index is 13.3. The third-order valence-corrected chi connectivity index (χ3v) is 13.0. The van der Waals surface area contributed by atoms with Crippen molar-refractivity contribution >= 4 is 40.2 Å². The molecule has 4 amide bonds. The lowest BCUT2D eigenvalue weighted by atomic mass is 9.37. The van der Waals surface area contributed by atoms with Gasteiger partial charge in [0.2, 0.25) is 11.8 Å². The largest absolute Gasteiger partial charge is 0.496 e. The number of aromatic nitrogens is 2. The van der Waals surface area contributed by atoms with E-state index in [-0.39, 0.29) is 40.7 Å². The second-order valence-electron chi connectivity index (χ2n) is 16.9. The van der Waals surface area contributed by atoms with Crippen LogP contribution in [0.1, 0.15) is 83.2 Å². The molecule has 5 aliphatic rings. The Labute approximate surface area is 353 Å². The summed E-state index contributed by atoms with van der Waals surface area (Å²) in [5.74, 6) is -0.465. The van der Waals surface area contributed by atoms with Gasteiger partial charge in [0.15, 0.2) is 0 Å². The van der Waals surface area contributed by atoms with E-state index in [1.165, 1.54) is 0 Å². The van der Waals surface area contributed by atoms with Crippen LogP contribution in [0.15, 0.2) is 59.8 Å². The van der Waals surface area contributed by atoms with Crippen molar-refractivity contribution in [3.05, 3.63) is 87.6 Å². The lowest BCUT2D eigenvalue weighted by Gasteiger charge is -2.74. The normalized spacial score (nSPS) is 21.7. The van der Waals surface area contributed by atoms with Gasteiger partial charge in [-0.05, 0) is 91.8 Å². The van der Waals surface area contributed by atoms with Crippen LogP contribution in [0.4, 0.5) is 0 Å². The number of hydrogen-bond acceptors (Lipinski definition) is 12. The third kappa shape index (κ3) is 7.86. The first-order valence-electron chi connectivity index (χ1n) is 20.8. The molecule has 3 saturated carbocycles. The number of benzene rings is 2. The second kappa shape index (κ2) is 16.9.